The number of hydrogen-bond acceptors (Lipinski definition) is 10. The van der Waals surface area contributed by atoms with Gasteiger partial charge in [0.2, 0.25) is 0 Å². The minimum atomic E-state index is -1.49. The van der Waals surface area contributed by atoms with Gasteiger partial charge in [0, 0.05) is 50.5 Å². The first-order valence-electron chi connectivity index (χ1n) is 18.4. The minimum Gasteiger partial charge on any atom is -0.457 e. The van der Waals surface area contributed by atoms with Crippen molar-refractivity contribution in [3.63, 3.8) is 0 Å². The number of piperazine rings is 1. The highest BCUT2D eigenvalue weighted by atomic mass is 16.6. The third-order valence-corrected chi connectivity index (χ3v) is 10.6. The fourth-order valence-electron chi connectivity index (χ4n) is 7.06. The summed E-state index contributed by atoms with van der Waals surface area (Å²) in [5, 5.41) is 43.3. The van der Waals surface area contributed by atoms with E-state index in [1.807, 2.05) is 27.7 Å². The van der Waals surface area contributed by atoms with Crippen LogP contribution >= 0.6 is 0 Å². The Balaban J connectivity index is 1.73. The van der Waals surface area contributed by atoms with Crippen LogP contribution < -0.4 is 0 Å². The number of aliphatic hydroxyl groups excluding tert-OH is 2. The number of carbonyl (C=O) groups excluding carboxylic acids is 2. The highest BCUT2D eigenvalue weighted by molar-refractivity contribution is 5.70. The lowest BCUT2D eigenvalue weighted by atomic mass is 9.88. The fraction of sp³-hybridized carbons (Fsp3) is 0.789. The van der Waals surface area contributed by atoms with Crippen LogP contribution in [-0.4, -0.2) is 122 Å². The highest BCUT2D eigenvalue weighted by Gasteiger charge is 2.47. The molecule has 11 heteroatoms. The van der Waals surface area contributed by atoms with Gasteiger partial charge in [-0.2, -0.15) is 0 Å². The molecular formula is C38H64N2O9. The standard InChI is InChI=1S/C38H64N2O9/c1-9-28(10-2)39-19-21-40(22-20-39)36(44)48-32-15-14-26(5)34(49-33(43)23-29(41)16-18-38(32,8)46)25(4)13-12-17-37(7,45)24-31-35(47-31)27(6)30(42)11-3/h12-15,17,26-32,34-35,41-42,45-46H,9-11,16,18-24H2,1-8H3/b15-14-,17-12+,25-13+. The molecule has 3 aliphatic rings. The van der Waals surface area contributed by atoms with Crippen molar-refractivity contribution in [2.45, 2.75) is 154 Å². The predicted octanol–water partition coefficient (Wildman–Crippen LogP) is 4.52. The van der Waals surface area contributed by atoms with Crippen LogP contribution in [0.15, 0.2) is 36.0 Å². The van der Waals surface area contributed by atoms with Gasteiger partial charge >= 0.3 is 12.1 Å². The summed E-state index contributed by atoms with van der Waals surface area (Å²) in [6.45, 7) is 17.8. The molecule has 2 fully saturated rings. The van der Waals surface area contributed by atoms with Gasteiger partial charge < -0.3 is 39.5 Å². The summed E-state index contributed by atoms with van der Waals surface area (Å²) >= 11 is 0. The molecular weight excluding hydrogens is 628 g/mol. The average Bonchev–Trinajstić information content (AvgIpc) is 3.81. The molecule has 3 rings (SSSR count). The lowest BCUT2D eigenvalue weighted by Gasteiger charge is -2.39. The van der Waals surface area contributed by atoms with Gasteiger partial charge in [-0.25, -0.2) is 4.79 Å². The number of cyclic esters (lactones) is 1. The SMILES string of the molecule is CCC(O)C(C)C1OC1CC(C)(O)/C=C/C=C(\C)C1OC(=O)CC(O)CCC(C)(O)C(OC(=O)N2CCN(C(CC)CC)CC2)/C=C\C1C. The third kappa shape index (κ3) is 12.2. The van der Waals surface area contributed by atoms with Gasteiger partial charge in [0.15, 0.2) is 6.10 Å². The smallest absolute Gasteiger partial charge is 0.410 e. The number of carbonyl (C=O) groups is 2. The largest absolute Gasteiger partial charge is 0.457 e. The first kappa shape index (κ1) is 41.1. The number of amides is 1. The molecule has 3 aliphatic heterocycles. The summed E-state index contributed by atoms with van der Waals surface area (Å²) in [5.74, 6) is -0.946. The van der Waals surface area contributed by atoms with Gasteiger partial charge in [0.05, 0.1) is 36.4 Å². The molecule has 280 valence electrons. The molecule has 1 amide bonds. The summed E-state index contributed by atoms with van der Waals surface area (Å²) < 4.78 is 17.6. The quantitative estimate of drug-likeness (QED) is 0.0995. The Morgan fingerprint density at radius 1 is 1.16 bits per heavy atom. The number of nitrogens with zero attached hydrogens (tertiary/aromatic N) is 2. The van der Waals surface area contributed by atoms with E-state index in [1.54, 1.807) is 49.1 Å². The number of epoxide rings is 1. The Bertz CT molecular complexity index is 1160. The van der Waals surface area contributed by atoms with E-state index < -0.39 is 47.7 Å². The Morgan fingerprint density at radius 2 is 1.82 bits per heavy atom. The molecule has 4 N–H and O–H groups in total. The fourth-order valence-corrected chi connectivity index (χ4v) is 7.06. The number of aliphatic hydroxyl groups is 4. The van der Waals surface area contributed by atoms with E-state index in [0.717, 1.165) is 25.9 Å². The first-order chi connectivity index (χ1) is 23.0. The first-order valence-corrected chi connectivity index (χ1v) is 18.4. The second-order valence-electron chi connectivity index (χ2n) is 15.0. The van der Waals surface area contributed by atoms with Crippen molar-refractivity contribution < 1.29 is 44.2 Å². The van der Waals surface area contributed by atoms with Crippen LogP contribution in [0.1, 0.15) is 100 Å². The predicted molar refractivity (Wildman–Crippen MR) is 189 cm³/mol. The zero-order valence-electron chi connectivity index (χ0n) is 31.1. The molecule has 3 heterocycles. The zero-order chi connectivity index (χ0) is 36.5. The van der Waals surface area contributed by atoms with Crippen molar-refractivity contribution >= 4 is 12.1 Å². The van der Waals surface area contributed by atoms with Gasteiger partial charge in [-0.15, -0.1) is 0 Å². The second-order valence-corrected chi connectivity index (χ2v) is 15.0. The molecule has 10 atom stereocenters. The van der Waals surface area contributed by atoms with Crippen LogP contribution in [0.25, 0.3) is 0 Å². The van der Waals surface area contributed by atoms with E-state index in [9.17, 15) is 30.0 Å². The average molecular weight is 693 g/mol. The molecule has 0 bridgehead atoms. The van der Waals surface area contributed by atoms with Crippen LogP contribution in [0, 0.1) is 11.8 Å². The minimum absolute atomic E-state index is 0.0115. The lowest BCUT2D eigenvalue weighted by molar-refractivity contribution is -0.151. The molecule has 10 unspecified atom stereocenters. The molecule has 0 spiro atoms. The second kappa shape index (κ2) is 18.3. The summed E-state index contributed by atoms with van der Waals surface area (Å²) in [4.78, 5) is 30.3. The number of hydrogen-bond donors (Lipinski definition) is 4. The Hall–Kier alpha value is -2.28. The van der Waals surface area contributed by atoms with E-state index in [1.165, 1.54) is 0 Å². The molecule has 0 aromatic rings. The van der Waals surface area contributed by atoms with E-state index >= 15 is 0 Å². The molecule has 49 heavy (non-hydrogen) atoms. The lowest BCUT2D eigenvalue weighted by Crippen LogP contribution is -2.53. The van der Waals surface area contributed by atoms with E-state index in [0.29, 0.717) is 37.5 Å². The van der Waals surface area contributed by atoms with Crippen LogP contribution in [0.5, 0.6) is 0 Å². The number of esters is 1. The maximum Gasteiger partial charge on any atom is 0.410 e. The normalized spacial score (nSPS) is 34.0. The topological polar surface area (TPSA) is 153 Å². The monoisotopic (exact) mass is 692 g/mol. The molecule has 0 aromatic carbocycles. The molecule has 2 saturated heterocycles. The summed E-state index contributed by atoms with van der Waals surface area (Å²) in [7, 11) is 0. The van der Waals surface area contributed by atoms with E-state index in [-0.39, 0.29) is 43.3 Å². The van der Waals surface area contributed by atoms with Crippen molar-refractivity contribution in [2.24, 2.45) is 11.8 Å². The number of ether oxygens (including phenoxy) is 3. The van der Waals surface area contributed by atoms with Crippen molar-refractivity contribution in [1.29, 1.82) is 0 Å². The summed E-state index contributed by atoms with van der Waals surface area (Å²) in [6.07, 6.45) is 7.88. The maximum absolute atomic E-state index is 13.3. The van der Waals surface area contributed by atoms with Crippen molar-refractivity contribution in [1.82, 2.24) is 9.80 Å². The number of allylic oxidation sites excluding steroid dienone is 2. The van der Waals surface area contributed by atoms with Crippen LogP contribution in [0.4, 0.5) is 4.79 Å². The molecule has 0 aromatic heterocycles. The summed E-state index contributed by atoms with van der Waals surface area (Å²) in [6, 6.07) is 0.490. The van der Waals surface area contributed by atoms with Gasteiger partial charge in [-0.05, 0) is 64.5 Å². The van der Waals surface area contributed by atoms with Gasteiger partial charge in [0.25, 0.3) is 0 Å². The molecule has 0 aliphatic carbocycles. The summed E-state index contributed by atoms with van der Waals surface area (Å²) in [5.41, 5.74) is -1.94. The van der Waals surface area contributed by atoms with Crippen LogP contribution in [0.2, 0.25) is 0 Å². The molecule has 0 radical (unpaired) electrons. The van der Waals surface area contributed by atoms with Gasteiger partial charge in [-0.3, -0.25) is 9.69 Å². The van der Waals surface area contributed by atoms with Crippen LogP contribution in [0.3, 0.4) is 0 Å². The van der Waals surface area contributed by atoms with Crippen LogP contribution in [-0.2, 0) is 19.0 Å². The maximum atomic E-state index is 13.3. The molecule has 11 nitrogen and oxygen atoms in total. The number of rotatable bonds is 12. The van der Waals surface area contributed by atoms with Crippen molar-refractivity contribution in [2.75, 3.05) is 26.2 Å². The van der Waals surface area contributed by atoms with Gasteiger partial charge in [0.1, 0.15) is 11.7 Å². The van der Waals surface area contributed by atoms with Crippen molar-refractivity contribution in [3.8, 4) is 0 Å². The Kier molecular flexibility index (Phi) is 15.4. The molecule has 0 saturated carbocycles. The van der Waals surface area contributed by atoms with Crippen molar-refractivity contribution in [3.05, 3.63) is 36.0 Å². The Labute approximate surface area is 294 Å². The zero-order valence-corrected chi connectivity index (χ0v) is 31.1. The van der Waals surface area contributed by atoms with E-state index in [2.05, 4.69) is 18.7 Å². The van der Waals surface area contributed by atoms with Gasteiger partial charge in [-0.1, -0.05) is 58.9 Å². The Morgan fingerprint density at radius 3 is 2.43 bits per heavy atom. The third-order valence-electron chi connectivity index (χ3n) is 10.6. The van der Waals surface area contributed by atoms with E-state index in [4.69, 9.17) is 14.2 Å². The highest BCUT2D eigenvalue weighted by Crippen LogP contribution is 2.37.